The zero-order valence-corrected chi connectivity index (χ0v) is 13.4. The molecule has 0 aliphatic carbocycles. The Bertz CT molecular complexity index is 865. The highest BCUT2D eigenvalue weighted by Crippen LogP contribution is 2.33. The van der Waals surface area contributed by atoms with Crippen LogP contribution >= 0.6 is 11.8 Å². The topological polar surface area (TPSA) is 88.7 Å². The fourth-order valence-electron chi connectivity index (χ4n) is 2.06. The second kappa shape index (κ2) is 6.63. The maximum absolute atomic E-state index is 12.3. The van der Waals surface area contributed by atoms with E-state index < -0.39 is 4.92 Å². The molecule has 1 saturated heterocycles. The molecule has 1 aromatic heterocycles. The number of amides is 1. The van der Waals surface area contributed by atoms with Crippen molar-refractivity contribution in [1.82, 2.24) is 9.88 Å². The summed E-state index contributed by atoms with van der Waals surface area (Å²) in [6.45, 7) is 0. The lowest BCUT2D eigenvalue weighted by atomic mass is 10.2. The lowest BCUT2D eigenvalue weighted by Gasteiger charge is -2.06. The van der Waals surface area contributed by atoms with E-state index in [9.17, 15) is 14.9 Å². The van der Waals surface area contributed by atoms with Crippen molar-refractivity contribution >= 4 is 40.3 Å². The van der Waals surface area contributed by atoms with Crippen LogP contribution in [0.25, 0.3) is 6.08 Å². The first-order chi connectivity index (χ1) is 11.5. The van der Waals surface area contributed by atoms with Crippen molar-refractivity contribution in [1.29, 1.82) is 0 Å². The van der Waals surface area contributed by atoms with Crippen molar-refractivity contribution in [3.8, 4) is 0 Å². The standard InChI is InChI=1S/C16H12N4O3S/c1-19-15(21)14(9-11-4-2-6-13(8-11)20(22)23)24-16(19)18-12-5-3-7-17-10-12/h2-10H,1H3/b14-9-,18-16?. The van der Waals surface area contributed by atoms with Gasteiger partial charge >= 0.3 is 0 Å². The van der Waals surface area contributed by atoms with Crippen LogP contribution in [0.4, 0.5) is 11.4 Å². The van der Waals surface area contributed by atoms with Gasteiger partial charge in [0.1, 0.15) is 0 Å². The summed E-state index contributed by atoms with van der Waals surface area (Å²) in [6.07, 6.45) is 4.88. The lowest BCUT2D eigenvalue weighted by molar-refractivity contribution is -0.384. The van der Waals surface area contributed by atoms with Crippen molar-refractivity contribution in [3.63, 3.8) is 0 Å². The Morgan fingerprint density at radius 3 is 2.88 bits per heavy atom. The van der Waals surface area contributed by atoms with Crippen LogP contribution in [0.1, 0.15) is 5.56 Å². The van der Waals surface area contributed by atoms with Gasteiger partial charge in [-0.1, -0.05) is 12.1 Å². The largest absolute Gasteiger partial charge is 0.290 e. The average Bonchev–Trinajstić information content (AvgIpc) is 2.84. The van der Waals surface area contributed by atoms with E-state index in [0.29, 0.717) is 21.3 Å². The van der Waals surface area contributed by atoms with Gasteiger partial charge in [-0.2, -0.15) is 0 Å². The number of nitrogens with zero attached hydrogens (tertiary/aromatic N) is 4. The van der Waals surface area contributed by atoms with Crippen LogP contribution in [-0.2, 0) is 4.79 Å². The van der Waals surface area contributed by atoms with Crippen LogP contribution in [0.15, 0.2) is 58.7 Å². The van der Waals surface area contributed by atoms with Gasteiger partial charge in [-0.25, -0.2) is 4.99 Å². The van der Waals surface area contributed by atoms with Gasteiger partial charge in [-0.15, -0.1) is 0 Å². The number of nitro benzene ring substituents is 1. The molecule has 1 aromatic carbocycles. The Morgan fingerprint density at radius 1 is 1.33 bits per heavy atom. The molecular formula is C16H12N4O3S. The number of aromatic nitrogens is 1. The van der Waals surface area contributed by atoms with Gasteiger partial charge in [0.2, 0.25) is 0 Å². The normalized spacial score (nSPS) is 17.7. The van der Waals surface area contributed by atoms with E-state index in [1.165, 1.54) is 28.8 Å². The molecule has 120 valence electrons. The van der Waals surface area contributed by atoms with Crippen LogP contribution in [0, 0.1) is 10.1 Å². The van der Waals surface area contributed by atoms with E-state index in [1.807, 2.05) is 0 Å². The van der Waals surface area contributed by atoms with Gasteiger partial charge in [0, 0.05) is 25.4 Å². The molecule has 1 amide bonds. The fraction of sp³-hybridized carbons (Fsp3) is 0.0625. The van der Waals surface area contributed by atoms with E-state index >= 15 is 0 Å². The molecule has 3 rings (SSSR count). The fourth-order valence-corrected chi connectivity index (χ4v) is 3.05. The van der Waals surface area contributed by atoms with E-state index in [4.69, 9.17) is 0 Å². The minimum absolute atomic E-state index is 0.0163. The van der Waals surface area contributed by atoms with Crippen molar-refractivity contribution in [2.75, 3.05) is 7.05 Å². The summed E-state index contributed by atoms with van der Waals surface area (Å²) >= 11 is 1.22. The zero-order valence-electron chi connectivity index (χ0n) is 12.6. The third kappa shape index (κ3) is 3.33. The highest BCUT2D eigenvalue weighted by Gasteiger charge is 2.30. The summed E-state index contributed by atoms with van der Waals surface area (Å²) < 4.78 is 0. The molecule has 7 nitrogen and oxygen atoms in total. The summed E-state index contributed by atoms with van der Waals surface area (Å²) in [6, 6.07) is 9.69. The Kier molecular flexibility index (Phi) is 4.39. The summed E-state index contributed by atoms with van der Waals surface area (Å²) in [5, 5.41) is 11.4. The highest BCUT2D eigenvalue weighted by atomic mass is 32.2. The number of pyridine rings is 1. The van der Waals surface area contributed by atoms with Crippen LogP contribution in [-0.4, -0.2) is 32.9 Å². The number of hydrogen-bond acceptors (Lipinski definition) is 6. The number of non-ortho nitro benzene ring substituents is 1. The molecule has 0 N–H and O–H groups in total. The van der Waals surface area contributed by atoms with E-state index in [1.54, 1.807) is 49.8 Å². The average molecular weight is 340 g/mol. The number of amidine groups is 1. The first-order valence-corrected chi connectivity index (χ1v) is 7.77. The Balaban J connectivity index is 1.90. The predicted octanol–water partition coefficient (Wildman–Crippen LogP) is 3.22. The molecule has 1 aliphatic heterocycles. The molecule has 0 unspecified atom stereocenters. The molecule has 2 heterocycles. The Hall–Kier alpha value is -3.00. The number of likely N-dealkylation sites (N-methyl/N-ethyl adjacent to an activating group) is 1. The molecule has 0 saturated carbocycles. The molecule has 24 heavy (non-hydrogen) atoms. The number of nitro groups is 1. The smallest absolute Gasteiger partial charge is 0.270 e. The molecule has 0 radical (unpaired) electrons. The van der Waals surface area contributed by atoms with Crippen LogP contribution in [0.3, 0.4) is 0 Å². The molecule has 1 aliphatic rings. The number of rotatable bonds is 3. The predicted molar refractivity (Wildman–Crippen MR) is 92.8 cm³/mol. The van der Waals surface area contributed by atoms with Crippen molar-refractivity contribution < 1.29 is 9.72 Å². The number of hydrogen-bond donors (Lipinski definition) is 0. The van der Waals surface area contributed by atoms with Gasteiger partial charge < -0.3 is 0 Å². The highest BCUT2D eigenvalue weighted by molar-refractivity contribution is 8.18. The minimum atomic E-state index is -0.465. The summed E-state index contributed by atoms with van der Waals surface area (Å²) in [7, 11) is 1.64. The lowest BCUT2D eigenvalue weighted by Crippen LogP contribution is -2.23. The van der Waals surface area contributed by atoms with Gasteiger partial charge in [0.05, 0.1) is 21.7 Å². The number of benzene rings is 1. The van der Waals surface area contributed by atoms with E-state index in [0.717, 1.165) is 0 Å². The first-order valence-electron chi connectivity index (χ1n) is 6.95. The van der Waals surface area contributed by atoms with Crippen molar-refractivity contribution in [3.05, 3.63) is 69.4 Å². The third-order valence-electron chi connectivity index (χ3n) is 3.25. The molecule has 1 fully saturated rings. The number of thioether (sulfide) groups is 1. The molecule has 0 spiro atoms. The van der Waals surface area contributed by atoms with Crippen LogP contribution in [0.2, 0.25) is 0 Å². The molecular weight excluding hydrogens is 328 g/mol. The van der Waals surface area contributed by atoms with E-state index in [2.05, 4.69) is 9.98 Å². The zero-order chi connectivity index (χ0) is 17.1. The molecule has 0 atom stereocenters. The Morgan fingerprint density at radius 2 is 2.17 bits per heavy atom. The van der Waals surface area contributed by atoms with Gasteiger partial charge in [-0.05, 0) is 35.5 Å². The third-order valence-corrected chi connectivity index (χ3v) is 4.31. The van der Waals surface area contributed by atoms with E-state index in [-0.39, 0.29) is 11.6 Å². The maximum atomic E-state index is 12.3. The van der Waals surface area contributed by atoms with Crippen molar-refractivity contribution in [2.45, 2.75) is 0 Å². The van der Waals surface area contributed by atoms with Gasteiger partial charge in [0.15, 0.2) is 5.17 Å². The monoisotopic (exact) mass is 340 g/mol. The first kappa shape index (κ1) is 15.9. The maximum Gasteiger partial charge on any atom is 0.270 e. The van der Waals surface area contributed by atoms with Gasteiger partial charge in [-0.3, -0.25) is 24.8 Å². The quantitative estimate of drug-likeness (QED) is 0.486. The second-order valence-corrected chi connectivity index (χ2v) is 5.94. The second-order valence-electron chi connectivity index (χ2n) is 4.93. The van der Waals surface area contributed by atoms with Gasteiger partial charge in [0.25, 0.3) is 11.6 Å². The van der Waals surface area contributed by atoms with Crippen molar-refractivity contribution in [2.24, 2.45) is 4.99 Å². The summed E-state index contributed by atoms with van der Waals surface area (Å²) in [5.41, 5.74) is 1.23. The van der Waals surface area contributed by atoms with Crippen LogP contribution in [0.5, 0.6) is 0 Å². The Labute approximate surface area is 141 Å². The SMILES string of the molecule is CN1C(=O)/C(=C/c2cccc([N+](=O)[O-])c2)SC1=Nc1cccnc1. The van der Waals surface area contributed by atoms with Crippen LogP contribution < -0.4 is 0 Å². The summed E-state index contributed by atoms with van der Waals surface area (Å²) in [5.74, 6) is -0.200. The molecule has 2 aromatic rings. The molecule has 8 heteroatoms. The molecule has 0 bridgehead atoms. The number of carbonyl (C=O) groups excluding carboxylic acids is 1. The minimum Gasteiger partial charge on any atom is -0.290 e. The summed E-state index contributed by atoms with van der Waals surface area (Å²) in [4.78, 5) is 33.0. The number of aliphatic imine (C=N–C) groups is 1. The number of carbonyl (C=O) groups is 1.